The van der Waals surface area contributed by atoms with Crippen LogP contribution in [0.15, 0.2) is 30.3 Å². The molecule has 0 aliphatic carbocycles. The normalized spacial score (nSPS) is 18.4. The first-order valence-corrected chi connectivity index (χ1v) is 11.7. The Morgan fingerprint density at radius 3 is 2.20 bits per heavy atom. The molecule has 10 heavy (non-hydrogen) atoms. The van der Waals surface area contributed by atoms with Crippen LogP contribution in [0.4, 0.5) is 0 Å². The summed E-state index contributed by atoms with van der Waals surface area (Å²) in [6.45, 7) is 0. The Morgan fingerprint density at radius 2 is 1.70 bits per heavy atom. The highest BCUT2D eigenvalue weighted by atomic mass is 30.1. The summed E-state index contributed by atoms with van der Waals surface area (Å²) in [7, 11) is 4.03. The minimum atomic E-state index is 0.0419. The van der Waals surface area contributed by atoms with Gasteiger partial charge in [-0.1, -0.05) is 35.5 Å². The predicted octanol–water partition coefficient (Wildman–Crippen LogP) is -0.662. The van der Waals surface area contributed by atoms with E-state index < -0.39 is 0 Å². The molecule has 1 saturated heterocycles. The summed E-state index contributed by atoms with van der Waals surface area (Å²) < 4.78 is 0. The van der Waals surface area contributed by atoms with E-state index in [9.17, 15) is 0 Å². The number of hydrogen-bond donors (Lipinski definition) is 0. The lowest BCUT2D eigenvalue weighted by Crippen LogP contribution is -2.59. The molecule has 4 heteroatoms. The maximum absolute atomic E-state index is 2.30. The molecule has 0 atom stereocenters. The summed E-state index contributed by atoms with van der Waals surface area (Å²) in [5, 5.41) is 1.67. The van der Waals surface area contributed by atoms with Crippen LogP contribution in [0.1, 0.15) is 0 Å². The monoisotopic (exact) mass is 189 g/mol. The van der Waals surface area contributed by atoms with Crippen LogP contribution in [0.5, 0.6) is 0 Å². The molecule has 0 saturated carbocycles. The first-order chi connectivity index (χ1) is 4.97. The van der Waals surface area contributed by atoms with E-state index in [1.807, 2.05) is 0 Å². The topological polar surface area (TPSA) is 0 Å². The molecular weight excluding hydrogens is 184 g/mol. The van der Waals surface area contributed by atoms with Crippen LogP contribution in [0.2, 0.25) is 0 Å². The molecule has 1 aliphatic heterocycles. The molecule has 7 radical (unpaired) electrons. The molecule has 0 nitrogen and oxygen atoms in total. The maximum Gasteiger partial charge on any atom is 0.0511 e. The minimum absolute atomic E-state index is 0.0419. The predicted molar refractivity (Wildman–Crippen MR) is 49.1 cm³/mol. The van der Waals surface area contributed by atoms with Gasteiger partial charge in [0, 0.05) is 25.7 Å². The van der Waals surface area contributed by atoms with Gasteiger partial charge in [-0.3, -0.25) is 0 Å². The standard InChI is InChI=1S/C6H5Si4/c1-2-4-6(5-3-1)10-8-7-9-10/h1-5H. The second kappa shape index (κ2) is 3.00. The van der Waals surface area contributed by atoms with E-state index in [0.29, 0.717) is 0 Å². The molecule has 0 N–H and O–H groups in total. The lowest BCUT2D eigenvalue weighted by molar-refractivity contribution is 1.77. The van der Waals surface area contributed by atoms with E-state index in [0.717, 1.165) is 0 Å². The number of benzene rings is 1. The largest absolute Gasteiger partial charge is 0.0688 e. The smallest absolute Gasteiger partial charge is 0.0511 e. The fourth-order valence-electron chi connectivity index (χ4n) is 0.874. The van der Waals surface area contributed by atoms with E-state index in [1.165, 1.54) is 25.7 Å². The average molecular weight is 189 g/mol. The van der Waals surface area contributed by atoms with Gasteiger partial charge in [-0.15, -0.1) is 0 Å². The number of rotatable bonds is 1. The highest BCUT2D eigenvalue weighted by Crippen LogP contribution is 1.90. The van der Waals surface area contributed by atoms with Crippen LogP contribution in [0.25, 0.3) is 0 Å². The van der Waals surface area contributed by atoms with Crippen LogP contribution in [-0.2, 0) is 0 Å². The van der Waals surface area contributed by atoms with Gasteiger partial charge in [-0.2, -0.15) is 0 Å². The Bertz CT molecular complexity index is 206. The minimum Gasteiger partial charge on any atom is -0.0688 e. The molecule has 0 amide bonds. The third kappa shape index (κ3) is 1.24. The van der Waals surface area contributed by atoms with E-state index in [2.05, 4.69) is 30.3 Å². The van der Waals surface area contributed by atoms with Crippen molar-refractivity contribution in [1.82, 2.24) is 0 Å². The van der Waals surface area contributed by atoms with Crippen LogP contribution < -0.4 is 5.19 Å². The highest BCUT2D eigenvalue weighted by molar-refractivity contribution is 7.83. The van der Waals surface area contributed by atoms with E-state index >= 15 is 0 Å². The van der Waals surface area contributed by atoms with Crippen LogP contribution >= 0.6 is 0 Å². The van der Waals surface area contributed by atoms with Crippen LogP contribution in [-0.4, -0.2) is 33.5 Å². The molecule has 0 bridgehead atoms. The first-order valence-electron chi connectivity index (χ1n) is 3.16. The van der Waals surface area contributed by atoms with Crippen LogP contribution in [0, 0.1) is 0 Å². The van der Waals surface area contributed by atoms with Crippen molar-refractivity contribution in [3.05, 3.63) is 30.3 Å². The van der Waals surface area contributed by atoms with E-state index in [1.54, 1.807) is 5.19 Å². The van der Waals surface area contributed by atoms with Gasteiger partial charge in [-0.25, -0.2) is 0 Å². The SMILES string of the molecule is c1ccc([Si]2[Si][Si][Si]2)cc1. The van der Waals surface area contributed by atoms with Crippen molar-refractivity contribution in [3.63, 3.8) is 0 Å². The quantitative estimate of drug-likeness (QED) is 0.515. The van der Waals surface area contributed by atoms with Gasteiger partial charge in [0.05, 0.1) is 7.83 Å². The van der Waals surface area contributed by atoms with Crippen LogP contribution in [0.3, 0.4) is 0 Å². The molecule has 1 aliphatic rings. The van der Waals surface area contributed by atoms with E-state index in [-0.39, 0.29) is 7.83 Å². The summed E-state index contributed by atoms with van der Waals surface area (Å²) in [5.41, 5.74) is 0. The van der Waals surface area contributed by atoms with Crippen molar-refractivity contribution in [1.29, 1.82) is 0 Å². The van der Waals surface area contributed by atoms with Crippen molar-refractivity contribution in [2.45, 2.75) is 0 Å². The first kappa shape index (κ1) is 6.78. The second-order valence-corrected chi connectivity index (χ2v) is 17.7. The average Bonchev–Trinajstić information content (AvgIpc) is 1.86. The molecule has 0 aromatic heterocycles. The summed E-state index contributed by atoms with van der Waals surface area (Å²) in [4.78, 5) is 0. The zero-order valence-corrected chi connectivity index (χ0v) is 9.39. The summed E-state index contributed by atoms with van der Waals surface area (Å²) >= 11 is 0. The summed E-state index contributed by atoms with van der Waals surface area (Å²) in [6.07, 6.45) is 0. The molecule has 1 heterocycles. The Kier molecular flexibility index (Phi) is 2.03. The van der Waals surface area contributed by atoms with Gasteiger partial charge in [0.1, 0.15) is 0 Å². The van der Waals surface area contributed by atoms with Crippen molar-refractivity contribution in [2.24, 2.45) is 0 Å². The molecule has 1 aromatic carbocycles. The lowest BCUT2D eigenvalue weighted by Gasteiger charge is -2.21. The van der Waals surface area contributed by atoms with Gasteiger partial charge < -0.3 is 0 Å². The maximum atomic E-state index is 2.30. The van der Waals surface area contributed by atoms with Gasteiger partial charge in [0.15, 0.2) is 0 Å². The zero-order chi connectivity index (χ0) is 6.81. The Labute approximate surface area is 69.3 Å². The third-order valence-electron chi connectivity index (χ3n) is 1.44. The third-order valence-corrected chi connectivity index (χ3v) is 27.3. The van der Waals surface area contributed by atoms with Gasteiger partial charge in [0.2, 0.25) is 0 Å². The van der Waals surface area contributed by atoms with Gasteiger partial charge in [0.25, 0.3) is 0 Å². The Balaban J connectivity index is 2.18. The van der Waals surface area contributed by atoms with Gasteiger partial charge >= 0.3 is 0 Å². The highest BCUT2D eigenvalue weighted by Gasteiger charge is 2.22. The Hall–Kier alpha value is 0.0875. The van der Waals surface area contributed by atoms with E-state index in [4.69, 9.17) is 0 Å². The van der Waals surface area contributed by atoms with Crippen molar-refractivity contribution < 1.29 is 0 Å². The molecular formula is C6H5Si4. The summed E-state index contributed by atoms with van der Waals surface area (Å²) in [6, 6.07) is 11.1. The second-order valence-electron chi connectivity index (χ2n) is 2.12. The molecule has 1 fully saturated rings. The Morgan fingerprint density at radius 1 is 1.00 bits per heavy atom. The van der Waals surface area contributed by atoms with Gasteiger partial charge in [-0.05, 0) is 0 Å². The summed E-state index contributed by atoms with van der Waals surface area (Å²) in [5.74, 6) is 0. The zero-order valence-electron chi connectivity index (χ0n) is 5.39. The molecule has 2 rings (SSSR count). The molecule has 45 valence electrons. The van der Waals surface area contributed by atoms with Crippen molar-refractivity contribution >= 4 is 38.7 Å². The van der Waals surface area contributed by atoms with Crippen molar-refractivity contribution in [3.8, 4) is 0 Å². The molecule has 0 unspecified atom stereocenters. The number of hydrogen-bond acceptors (Lipinski definition) is 0. The fourth-order valence-corrected chi connectivity index (χ4v) is 16.2. The fraction of sp³-hybridized carbons (Fsp3) is 0. The lowest BCUT2D eigenvalue weighted by atomic mass is 10.4. The molecule has 1 aromatic rings. The molecule has 0 spiro atoms. The van der Waals surface area contributed by atoms with Crippen molar-refractivity contribution in [2.75, 3.05) is 0 Å².